The molecule has 0 saturated carbocycles. The standard InChI is InChI=1S/C19H17N3O2/c23-18(16-12-20-17-9-3-4-11-22(17)19(16)24)21-10-5-8-14-6-1-2-7-15(14)13-21/h1-4,6-7,9,11-12H,5,8,10,13H2. The molecule has 0 unspecified atom stereocenters. The predicted octanol–water partition coefficient (Wildman–Crippen LogP) is 2.28. The Labute approximate surface area is 139 Å². The minimum Gasteiger partial charge on any atom is -0.334 e. The molecule has 0 spiro atoms. The Kier molecular flexibility index (Phi) is 3.61. The molecule has 1 aromatic carbocycles. The molecule has 2 aromatic heterocycles. The summed E-state index contributed by atoms with van der Waals surface area (Å²) in [5, 5.41) is 0. The molecule has 5 heteroatoms. The van der Waals surface area contributed by atoms with Gasteiger partial charge in [-0.25, -0.2) is 4.98 Å². The number of carbonyl (C=O) groups excluding carboxylic acids is 1. The Bertz CT molecular complexity index is 978. The first kappa shape index (κ1) is 14.6. The smallest absolute Gasteiger partial charge is 0.270 e. The molecule has 3 heterocycles. The maximum absolute atomic E-state index is 12.9. The second-order valence-corrected chi connectivity index (χ2v) is 6.00. The van der Waals surface area contributed by atoms with Crippen LogP contribution in [0.4, 0.5) is 0 Å². The van der Waals surface area contributed by atoms with Crippen molar-refractivity contribution in [2.45, 2.75) is 19.4 Å². The van der Waals surface area contributed by atoms with Crippen molar-refractivity contribution in [2.24, 2.45) is 0 Å². The first-order valence-corrected chi connectivity index (χ1v) is 8.06. The lowest BCUT2D eigenvalue weighted by molar-refractivity contribution is 0.0743. The highest BCUT2D eigenvalue weighted by Gasteiger charge is 2.23. The maximum atomic E-state index is 12.9. The van der Waals surface area contributed by atoms with Crippen LogP contribution in [0.15, 0.2) is 59.7 Å². The molecule has 1 amide bonds. The third-order valence-corrected chi connectivity index (χ3v) is 4.48. The number of carbonyl (C=O) groups is 1. The van der Waals surface area contributed by atoms with Gasteiger partial charge in [0.2, 0.25) is 0 Å². The van der Waals surface area contributed by atoms with Gasteiger partial charge in [-0.3, -0.25) is 14.0 Å². The molecule has 0 bridgehead atoms. The fourth-order valence-corrected chi connectivity index (χ4v) is 3.22. The fourth-order valence-electron chi connectivity index (χ4n) is 3.22. The number of benzene rings is 1. The molecule has 1 aliphatic rings. The summed E-state index contributed by atoms with van der Waals surface area (Å²) < 4.78 is 1.42. The van der Waals surface area contributed by atoms with Crippen molar-refractivity contribution in [1.29, 1.82) is 0 Å². The number of aromatic nitrogens is 2. The van der Waals surface area contributed by atoms with Crippen molar-refractivity contribution in [2.75, 3.05) is 6.54 Å². The number of nitrogens with zero attached hydrogens (tertiary/aromatic N) is 3. The topological polar surface area (TPSA) is 54.7 Å². The fraction of sp³-hybridized carbons (Fsp3) is 0.211. The molecule has 0 fully saturated rings. The SMILES string of the molecule is O=C(c1cnc2ccccn2c1=O)N1CCCc2ccccc2C1. The molecular weight excluding hydrogens is 302 g/mol. The minimum absolute atomic E-state index is 0.123. The number of fused-ring (bicyclic) bond motifs is 2. The molecule has 120 valence electrons. The van der Waals surface area contributed by atoms with Gasteiger partial charge in [0.15, 0.2) is 0 Å². The molecule has 4 rings (SSSR count). The first-order valence-electron chi connectivity index (χ1n) is 8.06. The van der Waals surface area contributed by atoms with Crippen LogP contribution in [0.1, 0.15) is 27.9 Å². The van der Waals surface area contributed by atoms with E-state index in [0.717, 1.165) is 18.4 Å². The van der Waals surface area contributed by atoms with Crippen LogP contribution in [0.5, 0.6) is 0 Å². The largest absolute Gasteiger partial charge is 0.334 e. The summed E-state index contributed by atoms with van der Waals surface area (Å²) >= 11 is 0. The van der Waals surface area contributed by atoms with E-state index in [0.29, 0.717) is 18.7 Å². The van der Waals surface area contributed by atoms with Crippen LogP contribution in [0.2, 0.25) is 0 Å². The summed E-state index contributed by atoms with van der Waals surface area (Å²) in [7, 11) is 0. The predicted molar refractivity (Wildman–Crippen MR) is 91.0 cm³/mol. The third kappa shape index (κ3) is 2.48. The van der Waals surface area contributed by atoms with E-state index in [4.69, 9.17) is 0 Å². The van der Waals surface area contributed by atoms with Crippen LogP contribution in [-0.4, -0.2) is 26.7 Å². The molecule has 24 heavy (non-hydrogen) atoms. The van der Waals surface area contributed by atoms with Gasteiger partial charge in [-0.15, -0.1) is 0 Å². The van der Waals surface area contributed by atoms with Crippen molar-refractivity contribution < 1.29 is 4.79 Å². The normalized spacial score (nSPS) is 14.2. The molecule has 0 N–H and O–H groups in total. The van der Waals surface area contributed by atoms with Gasteiger partial charge in [0.1, 0.15) is 11.2 Å². The first-order chi connectivity index (χ1) is 11.7. The van der Waals surface area contributed by atoms with E-state index in [1.807, 2.05) is 24.3 Å². The Morgan fingerprint density at radius 1 is 1.04 bits per heavy atom. The van der Waals surface area contributed by atoms with Gasteiger partial charge in [-0.2, -0.15) is 0 Å². The maximum Gasteiger partial charge on any atom is 0.270 e. The summed E-state index contributed by atoms with van der Waals surface area (Å²) in [5.74, 6) is -0.248. The zero-order chi connectivity index (χ0) is 16.5. The number of rotatable bonds is 1. The van der Waals surface area contributed by atoms with Crippen molar-refractivity contribution in [3.8, 4) is 0 Å². The van der Waals surface area contributed by atoms with Crippen molar-refractivity contribution >= 4 is 11.6 Å². The number of pyridine rings is 1. The van der Waals surface area contributed by atoms with Gasteiger partial charge in [-0.05, 0) is 36.1 Å². The number of aryl methyl sites for hydroxylation is 1. The van der Waals surface area contributed by atoms with Gasteiger partial charge in [0.05, 0.1) is 0 Å². The van der Waals surface area contributed by atoms with Crippen molar-refractivity contribution in [3.63, 3.8) is 0 Å². The number of hydrogen-bond acceptors (Lipinski definition) is 3. The zero-order valence-electron chi connectivity index (χ0n) is 13.2. The summed E-state index contributed by atoms with van der Waals surface area (Å²) in [6.45, 7) is 1.18. The summed E-state index contributed by atoms with van der Waals surface area (Å²) in [4.78, 5) is 31.5. The quantitative estimate of drug-likeness (QED) is 0.691. The number of amides is 1. The van der Waals surface area contributed by atoms with E-state index in [1.54, 1.807) is 23.2 Å². The second kappa shape index (κ2) is 5.92. The molecular formula is C19H17N3O2. The molecule has 5 nitrogen and oxygen atoms in total. The van der Waals surface area contributed by atoms with Crippen LogP contribution in [0.25, 0.3) is 5.65 Å². The lowest BCUT2D eigenvalue weighted by atomic mass is 10.0. The molecule has 1 aliphatic heterocycles. The van der Waals surface area contributed by atoms with Gasteiger partial charge < -0.3 is 4.90 Å². The van der Waals surface area contributed by atoms with E-state index < -0.39 is 0 Å². The van der Waals surface area contributed by atoms with E-state index in [1.165, 1.54) is 16.2 Å². The van der Waals surface area contributed by atoms with E-state index in [2.05, 4.69) is 11.1 Å². The molecule has 0 atom stereocenters. The molecule has 0 saturated heterocycles. The Balaban J connectivity index is 1.71. The molecule has 0 radical (unpaired) electrons. The van der Waals surface area contributed by atoms with Gasteiger partial charge in [-0.1, -0.05) is 30.3 Å². The van der Waals surface area contributed by atoms with Crippen LogP contribution < -0.4 is 5.56 Å². The number of hydrogen-bond donors (Lipinski definition) is 0. The van der Waals surface area contributed by atoms with Gasteiger partial charge in [0.25, 0.3) is 11.5 Å². The van der Waals surface area contributed by atoms with Crippen LogP contribution in [-0.2, 0) is 13.0 Å². The van der Waals surface area contributed by atoms with Crippen LogP contribution in [0, 0.1) is 0 Å². The second-order valence-electron chi connectivity index (χ2n) is 6.00. The highest BCUT2D eigenvalue weighted by Crippen LogP contribution is 2.19. The third-order valence-electron chi connectivity index (χ3n) is 4.48. The molecule has 3 aromatic rings. The van der Waals surface area contributed by atoms with Crippen LogP contribution in [0.3, 0.4) is 0 Å². The van der Waals surface area contributed by atoms with Gasteiger partial charge in [0, 0.05) is 25.5 Å². The Morgan fingerprint density at radius 2 is 1.83 bits per heavy atom. The van der Waals surface area contributed by atoms with Crippen LogP contribution >= 0.6 is 0 Å². The average Bonchev–Trinajstić information content (AvgIpc) is 2.84. The lowest BCUT2D eigenvalue weighted by Gasteiger charge is -2.20. The summed E-state index contributed by atoms with van der Waals surface area (Å²) in [5.41, 5.74) is 2.78. The monoisotopic (exact) mass is 319 g/mol. The Hall–Kier alpha value is -2.95. The summed E-state index contributed by atoms with van der Waals surface area (Å²) in [6.07, 6.45) is 4.88. The summed E-state index contributed by atoms with van der Waals surface area (Å²) in [6, 6.07) is 13.5. The minimum atomic E-state index is -0.317. The Morgan fingerprint density at radius 3 is 2.71 bits per heavy atom. The van der Waals surface area contributed by atoms with Gasteiger partial charge >= 0.3 is 0 Å². The highest BCUT2D eigenvalue weighted by molar-refractivity contribution is 5.93. The average molecular weight is 319 g/mol. The van der Waals surface area contributed by atoms with Crippen molar-refractivity contribution in [1.82, 2.24) is 14.3 Å². The van der Waals surface area contributed by atoms with E-state index in [-0.39, 0.29) is 17.0 Å². The molecule has 0 aliphatic carbocycles. The van der Waals surface area contributed by atoms with Crippen molar-refractivity contribution in [3.05, 3.63) is 81.9 Å². The lowest BCUT2D eigenvalue weighted by Crippen LogP contribution is -2.35. The zero-order valence-corrected chi connectivity index (χ0v) is 13.2. The van der Waals surface area contributed by atoms with E-state index >= 15 is 0 Å². The van der Waals surface area contributed by atoms with E-state index in [9.17, 15) is 9.59 Å². The highest BCUT2D eigenvalue weighted by atomic mass is 16.2.